The van der Waals surface area contributed by atoms with Crippen LogP contribution < -0.4 is 16.0 Å². The van der Waals surface area contributed by atoms with Crippen LogP contribution in [0.25, 0.3) is 0 Å². The van der Waals surface area contributed by atoms with Crippen LogP contribution in [0.5, 0.6) is 0 Å². The fourth-order valence-corrected chi connectivity index (χ4v) is 4.66. The van der Waals surface area contributed by atoms with E-state index in [0.717, 1.165) is 30.8 Å². The van der Waals surface area contributed by atoms with E-state index in [0.29, 0.717) is 6.54 Å². The van der Waals surface area contributed by atoms with Crippen molar-refractivity contribution in [3.63, 3.8) is 0 Å². The Morgan fingerprint density at radius 3 is 2.30 bits per heavy atom. The number of carbonyl (C=O) groups excluding carboxylic acids is 3. The maximum atomic E-state index is 12.9. The zero-order valence-electron chi connectivity index (χ0n) is 23.0. The van der Waals surface area contributed by atoms with Crippen molar-refractivity contribution < 1.29 is 37.5 Å². The number of hydrogen-bond donors (Lipinski definition) is 5. The van der Waals surface area contributed by atoms with Crippen LogP contribution >= 0.6 is 23.2 Å². The number of amides is 3. The molecule has 1 saturated heterocycles. The molecule has 0 aliphatic carbocycles. The lowest BCUT2D eigenvalue weighted by atomic mass is 10.2. The number of rotatable bonds is 8. The molecule has 0 radical (unpaired) electrons. The number of aromatic nitrogens is 2. The van der Waals surface area contributed by atoms with E-state index in [1.807, 2.05) is 24.3 Å². The van der Waals surface area contributed by atoms with E-state index in [2.05, 4.69) is 31.0 Å². The number of nitrogens with zero attached hydrogens (tertiary/aromatic N) is 2. The Labute approximate surface area is 259 Å². The normalized spacial score (nSPS) is 14.9. The molecule has 3 aromatic rings. The second-order valence-corrected chi connectivity index (χ2v) is 10.2. The molecule has 234 valence electrons. The number of alkyl halides is 3. The van der Waals surface area contributed by atoms with Crippen molar-refractivity contribution in [2.45, 2.75) is 32.1 Å². The molecule has 3 amide bonds. The van der Waals surface area contributed by atoms with Crippen molar-refractivity contribution in [1.29, 1.82) is 0 Å². The second kappa shape index (κ2) is 15.4. The first kappa shape index (κ1) is 34.1. The van der Waals surface area contributed by atoms with Crippen molar-refractivity contribution >= 4 is 58.3 Å². The Kier molecular flexibility index (Phi) is 11.9. The molecule has 2 heterocycles. The van der Waals surface area contributed by atoms with Crippen LogP contribution in [0.1, 0.15) is 39.8 Å². The molecule has 1 aliphatic rings. The molecule has 1 atom stereocenters. The summed E-state index contributed by atoms with van der Waals surface area (Å²) in [6.07, 6.45) is 0.227. The Balaban J connectivity index is 0.000000676. The van der Waals surface area contributed by atoms with Crippen LogP contribution in [0.3, 0.4) is 0 Å². The molecule has 16 heteroatoms. The van der Waals surface area contributed by atoms with Crippen LogP contribution in [-0.4, -0.2) is 69.2 Å². The van der Waals surface area contributed by atoms with Gasteiger partial charge < -0.3 is 21.1 Å². The van der Waals surface area contributed by atoms with E-state index in [1.54, 1.807) is 31.2 Å². The lowest BCUT2D eigenvalue weighted by Crippen LogP contribution is -2.37. The number of carboxylic acids is 1. The quantitative estimate of drug-likeness (QED) is 0.211. The number of hydrogen-bond acceptors (Lipinski definition) is 6. The van der Waals surface area contributed by atoms with Gasteiger partial charge in [-0.05, 0) is 49.2 Å². The highest BCUT2D eigenvalue weighted by molar-refractivity contribution is 6.40. The van der Waals surface area contributed by atoms with Gasteiger partial charge in [0.1, 0.15) is 5.69 Å². The lowest BCUT2D eigenvalue weighted by Gasteiger charge is -2.17. The SMILES string of the molecule is C/C=C/C(=O)Nc1ccc(CN2CC[C@@H](NC(=O)c3[nH]ncc3NC(=O)c3c(Cl)cccc3Cl)C2)cc1.O=C(O)C(F)(F)F. The number of carboxylic acid groups (broad SMARTS) is 1. The van der Waals surface area contributed by atoms with Crippen LogP contribution in [0, 0.1) is 0 Å². The summed E-state index contributed by atoms with van der Waals surface area (Å²) < 4.78 is 31.7. The molecule has 0 saturated carbocycles. The van der Waals surface area contributed by atoms with Crippen LogP contribution in [-0.2, 0) is 16.1 Å². The number of H-pyrrole nitrogens is 1. The number of likely N-dealkylation sites (tertiary alicyclic amines) is 1. The number of aromatic amines is 1. The Hall–Kier alpha value is -4.40. The Bertz CT molecular complexity index is 1510. The van der Waals surface area contributed by atoms with Crippen molar-refractivity contribution in [2.24, 2.45) is 0 Å². The molecule has 2 aromatic carbocycles. The third kappa shape index (κ3) is 9.82. The predicted octanol–water partition coefficient (Wildman–Crippen LogP) is 5.12. The predicted molar refractivity (Wildman–Crippen MR) is 158 cm³/mol. The third-order valence-electron chi connectivity index (χ3n) is 6.10. The second-order valence-electron chi connectivity index (χ2n) is 9.39. The number of nitrogens with one attached hydrogen (secondary N) is 4. The standard InChI is InChI=1S/C26H26Cl2N6O3.C2HF3O2/c1-2-4-22(35)30-17-9-7-16(8-10-17)14-34-12-11-18(15-34)31-26(37)24-21(13-29-33-24)32-25(36)23-19(27)5-3-6-20(23)28;3-2(4,5)1(6)7/h2-10,13,18H,11-12,14-15H2,1H3,(H,29,33)(H,30,35)(H,31,37)(H,32,36);(H,6,7)/b4-2+;/t18-;/m1./s1. The molecule has 1 aliphatic heterocycles. The highest BCUT2D eigenvalue weighted by atomic mass is 35.5. The van der Waals surface area contributed by atoms with Gasteiger partial charge >= 0.3 is 12.1 Å². The fourth-order valence-electron chi connectivity index (χ4n) is 4.09. The average Bonchev–Trinajstić information content (AvgIpc) is 3.59. The Morgan fingerprint density at radius 1 is 1.07 bits per heavy atom. The smallest absolute Gasteiger partial charge is 0.475 e. The molecule has 1 fully saturated rings. The molecule has 5 N–H and O–H groups in total. The number of aliphatic carboxylic acids is 1. The summed E-state index contributed by atoms with van der Waals surface area (Å²) in [6.45, 7) is 4.01. The molecule has 11 nitrogen and oxygen atoms in total. The minimum absolute atomic E-state index is 0.0586. The van der Waals surface area contributed by atoms with E-state index in [9.17, 15) is 27.6 Å². The van der Waals surface area contributed by atoms with E-state index in [4.69, 9.17) is 33.1 Å². The van der Waals surface area contributed by atoms with Gasteiger partial charge in [0.25, 0.3) is 11.8 Å². The maximum absolute atomic E-state index is 12.9. The van der Waals surface area contributed by atoms with Crippen molar-refractivity contribution in [1.82, 2.24) is 20.4 Å². The number of benzene rings is 2. The molecule has 1 aromatic heterocycles. The zero-order valence-corrected chi connectivity index (χ0v) is 24.6. The largest absolute Gasteiger partial charge is 0.490 e. The maximum Gasteiger partial charge on any atom is 0.490 e. The van der Waals surface area contributed by atoms with Crippen molar-refractivity contribution in [3.8, 4) is 0 Å². The van der Waals surface area contributed by atoms with Gasteiger partial charge in [-0.25, -0.2) is 4.79 Å². The minimum Gasteiger partial charge on any atom is -0.475 e. The van der Waals surface area contributed by atoms with E-state index in [-0.39, 0.29) is 44.8 Å². The fraction of sp³-hybridized carbons (Fsp3) is 0.250. The van der Waals surface area contributed by atoms with Crippen LogP contribution in [0.15, 0.2) is 60.8 Å². The summed E-state index contributed by atoms with van der Waals surface area (Å²) in [6, 6.07) is 12.4. The zero-order chi connectivity index (χ0) is 32.4. The average molecular weight is 655 g/mol. The van der Waals surface area contributed by atoms with Gasteiger partial charge in [0.2, 0.25) is 5.91 Å². The molecule has 0 spiro atoms. The lowest BCUT2D eigenvalue weighted by molar-refractivity contribution is -0.192. The highest BCUT2D eigenvalue weighted by Crippen LogP contribution is 2.26. The molecule has 0 bridgehead atoms. The number of halogens is 5. The molecular formula is C28H27Cl2F3N6O5. The van der Waals surface area contributed by atoms with E-state index >= 15 is 0 Å². The number of anilines is 2. The monoisotopic (exact) mass is 654 g/mol. The topological polar surface area (TPSA) is 157 Å². The van der Waals surface area contributed by atoms with E-state index in [1.165, 1.54) is 12.3 Å². The first-order valence-electron chi connectivity index (χ1n) is 12.9. The van der Waals surface area contributed by atoms with Gasteiger partial charge in [-0.1, -0.05) is 47.5 Å². The van der Waals surface area contributed by atoms with Crippen LogP contribution in [0.4, 0.5) is 24.5 Å². The summed E-state index contributed by atoms with van der Waals surface area (Å²) in [5.41, 5.74) is 2.34. The Morgan fingerprint density at radius 2 is 1.70 bits per heavy atom. The van der Waals surface area contributed by atoms with E-state index < -0.39 is 18.1 Å². The minimum atomic E-state index is -5.08. The molecular weight excluding hydrogens is 628 g/mol. The summed E-state index contributed by atoms with van der Waals surface area (Å²) in [7, 11) is 0. The van der Waals surface area contributed by atoms with Gasteiger partial charge in [0.05, 0.1) is 27.5 Å². The van der Waals surface area contributed by atoms with Gasteiger partial charge in [0.15, 0.2) is 0 Å². The molecule has 4 rings (SSSR count). The van der Waals surface area contributed by atoms with Gasteiger partial charge in [-0.3, -0.25) is 24.4 Å². The summed E-state index contributed by atoms with van der Waals surface area (Å²) in [5.74, 6) is -3.83. The first-order valence-corrected chi connectivity index (χ1v) is 13.7. The summed E-state index contributed by atoms with van der Waals surface area (Å²) in [4.78, 5) is 48.4. The molecule has 44 heavy (non-hydrogen) atoms. The number of carbonyl (C=O) groups is 4. The highest BCUT2D eigenvalue weighted by Gasteiger charge is 2.38. The molecule has 0 unspecified atom stereocenters. The van der Waals surface area contributed by atoms with Crippen LogP contribution in [0.2, 0.25) is 10.0 Å². The van der Waals surface area contributed by atoms with Crippen molar-refractivity contribution in [2.75, 3.05) is 23.7 Å². The summed E-state index contributed by atoms with van der Waals surface area (Å²) in [5, 5.41) is 22.6. The van der Waals surface area contributed by atoms with Gasteiger partial charge in [-0.15, -0.1) is 0 Å². The summed E-state index contributed by atoms with van der Waals surface area (Å²) >= 11 is 12.2. The van der Waals surface area contributed by atoms with Gasteiger partial charge in [-0.2, -0.15) is 18.3 Å². The van der Waals surface area contributed by atoms with Crippen molar-refractivity contribution in [3.05, 3.63) is 87.7 Å². The number of allylic oxidation sites excluding steroid dienone is 1. The first-order chi connectivity index (χ1) is 20.8. The third-order valence-corrected chi connectivity index (χ3v) is 6.73. The van der Waals surface area contributed by atoms with Gasteiger partial charge in [0, 0.05) is 31.4 Å².